The number of alkyl halides is 1. The second-order valence-corrected chi connectivity index (χ2v) is 6.36. The van der Waals surface area contributed by atoms with Crippen LogP contribution in [0.4, 0.5) is 13.2 Å². The van der Waals surface area contributed by atoms with E-state index in [4.69, 9.17) is 0 Å². The van der Waals surface area contributed by atoms with E-state index in [1.165, 1.54) is 12.1 Å². The topological polar surface area (TPSA) is 0 Å². The van der Waals surface area contributed by atoms with Gasteiger partial charge in [0.05, 0.1) is 13.8 Å². The van der Waals surface area contributed by atoms with Gasteiger partial charge in [0.1, 0.15) is 17.5 Å². The Morgan fingerprint density at radius 3 is 2.21 bits per heavy atom. The number of benzene rings is 2. The van der Waals surface area contributed by atoms with Crippen LogP contribution in [0.25, 0.3) is 0 Å². The lowest BCUT2D eigenvalue weighted by molar-refractivity contribution is 0.582. The van der Waals surface area contributed by atoms with Crippen molar-refractivity contribution in [1.82, 2.24) is 0 Å². The molecule has 0 N–H and O–H groups in total. The van der Waals surface area contributed by atoms with E-state index in [0.717, 1.165) is 12.1 Å². The zero-order valence-corrected chi connectivity index (χ0v) is 14.0. The quantitative estimate of drug-likeness (QED) is 0.376. The number of halogens is 6. The molecule has 0 aliphatic rings. The molecule has 2 rings (SSSR count). The SMILES string of the molecule is Fc1cc(C(Br)c2cccc(F)c2Br)c(F)cc1Br. The van der Waals surface area contributed by atoms with E-state index in [1.807, 2.05) is 0 Å². The minimum Gasteiger partial charge on any atom is -0.207 e. The van der Waals surface area contributed by atoms with Gasteiger partial charge in [-0.15, -0.1) is 0 Å². The summed E-state index contributed by atoms with van der Waals surface area (Å²) in [5, 5.41) is 0. The Labute approximate surface area is 133 Å². The smallest absolute Gasteiger partial charge is 0.137 e. The molecule has 0 aliphatic heterocycles. The fraction of sp³-hybridized carbons (Fsp3) is 0.0769. The predicted molar refractivity (Wildman–Crippen MR) is 78.9 cm³/mol. The van der Waals surface area contributed by atoms with E-state index in [9.17, 15) is 13.2 Å². The molecule has 1 atom stereocenters. The highest BCUT2D eigenvalue weighted by molar-refractivity contribution is 9.11. The monoisotopic (exact) mass is 456 g/mol. The number of hydrogen-bond acceptors (Lipinski definition) is 0. The number of hydrogen-bond donors (Lipinski definition) is 0. The Morgan fingerprint density at radius 2 is 1.53 bits per heavy atom. The van der Waals surface area contributed by atoms with Gasteiger partial charge in [-0.3, -0.25) is 0 Å². The van der Waals surface area contributed by atoms with Crippen molar-refractivity contribution in [1.29, 1.82) is 0 Å². The van der Waals surface area contributed by atoms with Crippen molar-refractivity contribution in [2.45, 2.75) is 4.83 Å². The van der Waals surface area contributed by atoms with Crippen LogP contribution in [-0.2, 0) is 0 Å². The lowest BCUT2D eigenvalue weighted by Crippen LogP contribution is -2.00. The van der Waals surface area contributed by atoms with Crippen LogP contribution in [0.1, 0.15) is 16.0 Å². The molecule has 0 aromatic heterocycles. The number of rotatable bonds is 2. The van der Waals surface area contributed by atoms with Gasteiger partial charge < -0.3 is 0 Å². The fourth-order valence-electron chi connectivity index (χ4n) is 1.62. The Hall–Kier alpha value is -0.330. The second-order valence-electron chi connectivity index (χ2n) is 3.79. The van der Waals surface area contributed by atoms with E-state index < -0.39 is 22.3 Å². The van der Waals surface area contributed by atoms with Crippen LogP contribution in [0.2, 0.25) is 0 Å². The van der Waals surface area contributed by atoms with Crippen molar-refractivity contribution in [3.8, 4) is 0 Å². The standard InChI is InChI=1S/C13H6Br3F3/c14-8-5-10(18)7(4-11(8)19)12(15)6-2-1-3-9(17)13(6)16/h1-5,12H. The third-order valence-corrected chi connectivity index (χ3v) is 5.00. The summed E-state index contributed by atoms with van der Waals surface area (Å²) in [7, 11) is 0. The minimum absolute atomic E-state index is 0.0479. The highest BCUT2D eigenvalue weighted by Gasteiger charge is 2.20. The average molecular weight is 459 g/mol. The van der Waals surface area contributed by atoms with Crippen LogP contribution in [0, 0.1) is 17.5 Å². The van der Waals surface area contributed by atoms with Gasteiger partial charge >= 0.3 is 0 Å². The molecule has 0 radical (unpaired) electrons. The molecule has 1 unspecified atom stereocenters. The van der Waals surface area contributed by atoms with Crippen LogP contribution in [0.15, 0.2) is 39.3 Å². The van der Waals surface area contributed by atoms with Crippen LogP contribution in [-0.4, -0.2) is 0 Å². The first-order chi connectivity index (χ1) is 8.91. The summed E-state index contributed by atoms with van der Waals surface area (Å²) in [6.07, 6.45) is 0. The van der Waals surface area contributed by atoms with Gasteiger partial charge in [-0.1, -0.05) is 28.1 Å². The van der Waals surface area contributed by atoms with E-state index in [0.29, 0.717) is 5.56 Å². The largest absolute Gasteiger partial charge is 0.207 e. The molecule has 0 fully saturated rings. The molecule has 100 valence electrons. The van der Waals surface area contributed by atoms with Crippen molar-refractivity contribution < 1.29 is 13.2 Å². The van der Waals surface area contributed by atoms with E-state index in [-0.39, 0.29) is 14.5 Å². The third-order valence-electron chi connectivity index (χ3n) is 2.57. The van der Waals surface area contributed by atoms with Crippen LogP contribution >= 0.6 is 47.8 Å². The van der Waals surface area contributed by atoms with Crippen molar-refractivity contribution in [3.63, 3.8) is 0 Å². The molecule has 0 heterocycles. The molecule has 0 saturated heterocycles. The maximum Gasteiger partial charge on any atom is 0.137 e. The zero-order valence-electron chi connectivity index (χ0n) is 9.23. The summed E-state index contributed by atoms with van der Waals surface area (Å²) < 4.78 is 41.1. The van der Waals surface area contributed by atoms with Crippen molar-refractivity contribution >= 4 is 47.8 Å². The lowest BCUT2D eigenvalue weighted by Gasteiger charge is -2.14. The molecule has 0 nitrogen and oxygen atoms in total. The minimum atomic E-state index is -0.653. The molecule has 2 aromatic rings. The van der Waals surface area contributed by atoms with Crippen molar-refractivity contribution in [2.75, 3.05) is 0 Å². The summed E-state index contributed by atoms with van der Waals surface area (Å²) in [5.41, 5.74) is 0.590. The molecule has 0 saturated carbocycles. The van der Waals surface area contributed by atoms with Gasteiger partial charge in [0.15, 0.2) is 0 Å². The van der Waals surface area contributed by atoms with Crippen LogP contribution in [0.5, 0.6) is 0 Å². The molecule has 0 spiro atoms. The first kappa shape index (κ1) is 15.1. The summed E-state index contributed by atoms with van der Waals surface area (Å²) >= 11 is 9.29. The summed E-state index contributed by atoms with van der Waals surface area (Å²) in [6, 6.07) is 6.55. The van der Waals surface area contributed by atoms with Gasteiger partial charge in [-0.05, 0) is 55.6 Å². The average Bonchev–Trinajstić information content (AvgIpc) is 2.36. The lowest BCUT2D eigenvalue weighted by atomic mass is 10.0. The van der Waals surface area contributed by atoms with E-state index in [1.54, 1.807) is 6.07 Å². The molecule has 6 heteroatoms. The van der Waals surface area contributed by atoms with Crippen LogP contribution in [0.3, 0.4) is 0 Å². The van der Waals surface area contributed by atoms with Crippen LogP contribution < -0.4 is 0 Å². The molecule has 0 amide bonds. The Kier molecular flexibility index (Phi) is 4.74. The molecule has 19 heavy (non-hydrogen) atoms. The maximum absolute atomic E-state index is 13.9. The van der Waals surface area contributed by atoms with E-state index in [2.05, 4.69) is 47.8 Å². The Bertz CT molecular complexity index is 629. The Balaban J connectivity index is 2.53. The van der Waals surface area contributed by atoms with Gasteiger partial charge in [0.2, 0.25) is 0 Å². The van der Waals surface area contributed by atoms with Gasteiger partial charge in [-0.25, -0.2) is 13.2 Å². The first-order valence-electron chi connectivity index (χ1n) is 5.14. The molecular weight excluding hydrogens is 453 g/mol. The predicted octanol–water partition coefficient (Wildman–Crippen LogP) is 6.11. The van der Waals surface area contributed by atoms with Gasteiger partial charge in [0.25, 0.3) is 0 Å². The third kappa shape index (κ3) is 3.06. The molecule has 0 aliphatic carbocycles. The van der Waals surface area contributed by atoms with E-state index >= 15 is 0 Å². The normalized spacial score (nSPS) is 12.5. The summed E-state index contributed by atoms with van der Waals surface area (Å²) in [5.74, 6) is -1.61. The zero-order chi connectivity index (χ0) is 14.2. The van der Waals surface area contributed by atoms with Gasteiger partial charge in [-0.2, -0.15) is 0 Å². The maximum atomic E-state index is 13.9. The van der Waals surface area contributed by atoms with Crippen molar-refractivity contribution in [3.05, 3.63) is 67.9 Å². The van der Waals surface area contributed by atoms with Gasteiger partial charge in [0, 0.05) is 5.56 Å². The Morgan fingerprint density at radius 1 is 0.842 bits per heavy atom. The highest BCUT2D eigenvalue weighted by atomic mass is 79.9. The first-order valence-corrected chi connectivity index (χ1v) is 7.64. The molecule has 2 aromatic carbocycles. The molecule has 0 bridgehead atoms. The summed E-state index contributed by atoms with van der Waals surface area (Å²) in [6.45, 7) is 0. The summed E-state index contributed by atoms with van der Waals surface area (Å²) in [4.78, 5) is -0.653. The van der Waals surface area contributed by atoms with Crippen molar-refractivity contribution in [2.24, 2.45) is 0 Å². The fourth-order valence-corrected chi connectivity index (χ4v) is 3.46. The second kappa shape index (κ2) is 5.97. The molecular formula is C13H6Br3F3. The highest BCUT2D eigenvalue weighted by Crippen LogP contribution is 2.38.